The highest BCUT2D eigenvalue weighted by atomic mass is 19.2. The minimum atomic E-state index is -1.44. The monoisotopic (exact) mass is 266 g/mol. The van der Waals surface area contributed by atoms with Crippen LogP contribution in [0.4, 0.5) is 13.2 Å². The highest BCUT2D eigenvalue weighted by Gasteiger charge is 2.16. The van der Waals surface area contributed by atoms with Gasteiger partial charge < -0.3 is 5.32 Å². The Kier molecular flexibility index (Phi) is 4.16. The molecule has 1 atom stereocenters. The van der Waals surface area contributed by atoms with Gasteiger partial charge in [0, 0.05) is 18.4 Å². The smallest absolute Gasteiger partial charge is 0.194 e. The highest BCUT2D eigenvalue weighted by molar-refractivity contribution is 5.25. The first-order chi connectivity index (χ1) is 9.11. The fourth-order valence-electron chi connectivity index (χ4n) is 1.92. The van der Waals surface area contributed by atoms with Gasteiger partial charge in [0.25, 0.3) is 0 Å². The minimum Gasteiger partial charge on any atom is -0.313 e. The van der Waals surface area contributed by atoms with Gasteiger partial charge in [0.05, 0.1) is 0 Å². The SMILES string of the molecule is CNC(Cc1ccncc1)c1cc(F)c(F)c(F)c1. The van der Waals surface area contributed by atoms with Crippen molar-refractivity contribution in [1.82, 2.24) is 10.3 Å². The molecule has 0 aliphatic carbocycles. The van der Waals surface area contributed by atoms with Crippen LogP contribution in [0.25, 0.3) is 0 Å². The molecule has 1 aromatic heterocycles. The van der Waals surface area contributed by atoms with Gasteiger partial charge in [-0.05, 0) is 48.9 Å². The van der Waals surface area contributed by atoms with Gasteiger partial charge in [-0.15, -0.1) is 0 Å². The molecular formula is C14H13F3N2. The molecule has 5 heteroatoms. The molecule has 0 bridgehead atoms. The molecule has 0 saturated carbocycles. The van der Waals surface area contributed by atoms with Crippen molar-refractivity contribution in [3.05, 3.63) is 65.2 Å². The molecule has 0 aliphatic rings. The Morgan fingerprint density at radius 2 is 1.68 bits per heavy atom. The fourth-order valence-corrected chi connectivity index (χ4v) is 1.92. The van der Waals surface area contributed by atoms with E-state index in [9.17, 15) is 13.2 Å². The standard InChI is InChI=1S/C14H13F3N2/c1-18-13(6-9-2-4-19-5-3-9)10-7-11(15)14(17)12(16)8-10/h2-5,7-8,13,18H,6H2,1H3. The molecule has 1 unspecified atom stereocenters. The third kappa shape index (κ3) is 3.12. The number of nitrogens with zero attached hydrogens (tertiary/aromatic N) is 1. The lowest BCUT2D eigenvalue weighted by molar-refractivity contribution is 0.441. The lowest BCUT2D eigenvalue weighted by Gasteiger charge is -2.17. The number of pyridine rings is 1. The topological polar surface area (TPSA) is 24.9 Å². The molecule has 2 aromatic rings. The van der Waals surface area contributed by atoms with E-state index in [4.69, 9.17) is 0 Å². The minimum absolute atomic E-state index is 0.299. The predicted molar refractivity (Wildman–Crippen MR) is 66.1 cm³/mol. The summed E-state index contributed by atoms with van der Waals surface area (Å²) in [4.78, 5) is 3.90. The molecule has 1 N–H and O–H groups in total. The molecule has 19 heavy (non-hydrogen) atoms. The summed E-state index contributed by atoms with van der Waals surface area (Å²) in [5.74, 6) is -3.79. The van der Waals surface area contributed by atoms with Crippen LogP contribution < -0.4 is 5.32 Å². The molecule has 0 saturated heterocycles. The van der Waals surface area contributed by atoms with E-state index in [2.05, 4.69) is 10.3 Å². The number of rotatable bonds is 4. The normalized spacial score (nSPS) is 12.4. The second-order valence-corrected chi connectivity index (χ2v) is 4.20. The van der Waals surface area contributed by atoms with E-state index < -0.39 is 17.5 Å². The number of hydrogen-bond acceptors (Lipinski definition) is 2. The lowest BCUT2D eigenvalue weighted by atomic mass is 9.99. The van der Waals surface area contributed by atoms with Gasteiger partial charge in [0.15, 0.2) is 17.5 Å². The van der Waals surface area contributed by atoms with Crippen molar-refractivity contribution in [2.75, 3.05) is 7.05 Å². The van der Waals surface area contributed by atoms with Gasteiger partial charge in [-0.2, -0.15) is 0 Å². The van der Waals surface area contributed by atoms with Crippen LogP contribution in [0.5, 0.6) is 0 Å². The third-order valence-electron chi connectivity index (χ3n) is 2.95. The van der Waals surface area contributed by atoms with Crippen molar-refractivity contribution in [2.45, 2.75) is 12.5 Å². The Morgan fingerprint density at radius 1 is 1.11 bits per heavy atom. The Bertz CT molecular complexity index is 535. The van der Waals surface area contributed by atoms with E-state index in [1.54, 1.807) is 19.4 Å². The summed E-state index contributed by atoms with van der Waals surface area (Å²) in [7, 11) is 1.69. The molecule has 1 heterocycles. The number of hydrogen-bond donors (Lipinski definition) is 1. The van der Waals surface area contributed by atoms with Crippen molar-refractivity contribution in [3.8, 4) is 0 Å². The highest BCUT2D eigenvalue weighted by Crippen LogP contribution is 2.22. The van der Waals surface area contributed by atoms with E-state index >= 15 is 0 Å². The van der Waals surface area contributed by atoms with Gasteiger partial charge in [-0.25, -0.2) is 13.2 Å². The molecule has 2 nitrogen and oxygen atoms in total. The summed E-state index contributed by atoms with van der Waals surface area (Å²) in [6.45, 7) is 0. The van der Waals surface area contributed by atoms with Gasteiger partial charge in [-0.1, -0.05) is 0 Å². The van der Waals surface area contributed by atoms with Gasteiger partial charge in [0.1, 0.15) is 0 Å². The second kappa shape index (κ2) is 5.84. The number of aromatic nitrogens is 1. The summed E-state index contributed by atoms with van der Waals surface area (Å²) >= 11 is 0. The molecule has 0 aliphatic heterocycles. The number of benzene rings is 1. The first kappa shape index (κ1) is 13.5. The van der Waals surface area contributed by atoms with E-state index in [1.807, 2.05) is 12.1 Å². The van der Waals surface area contributed by atoms with Gasteiger partial charge in [-0.3, -0.25) is 4.98 Å². The summed E-state index contributed by atoms with van der Waals surface area (Å²) < 4.78 is 39.4. The van der Waals surface area contributed by atoms with E-state index in [0.717, 1.165) is 17.7 Å². The molecule has 0 radical (unpaired) electrons. The largest absolute Gasteiger partial charge is 0.313 e. The van der Waals surface area contributed by atoms with Crippen LogP contribution in [0.15, 0.2) is 36.7 Å². The first-order valence-electron chi connectivity index (χ1n) is 5.82. The average Bonchev–Trinajstić information content (AvgIpc) is 2.42. The molecular weight excluding hydrogens is 253 g/mol. The maximum atomic E-state index is 13.2. The molecule has 0 fully saturated rings. The van der Waals surface area contributed by atoms with Crippen LogP contribution >= 0.6 is 0 Å². The number of halogens is 3. The van der Waals surface area contributed by atoms with Crippen molar-refractivity contribution in [1.29, 1.82) is 0 Å². The molecule has 0 spiro atoms. The number of nitrogens with one attached hydrogen (secondary N) is 1. The summed E-state index contributed by atoms with van der Waals surface area (Å²) in [5.41, 5.74) is 1.34. The summed E-state index contributed by atoms with van der Waals surface area (Å²) in [6.07, 6.45) is 3.82. The van der Waals surface area contributed by atoms with Crippen LogP contribution in [0.1, 0.15) is 17.2 Å². The molecule has 1 aromatic carbocycles. The quantitative estimate of drug-likeness (QED) is 0.860. The predicted octanol–water partition coefficient (Wildman–Crippen LogP) is 3.00. The Hall–Kier alpha value is -1.88. The first-order valence-corrected chi connectivity index (χ1v) is 5.82. The van der Waals surface area contributed by atoms with Crippen molar-refractivity contribution >= 4 is 0 Å². The Labute approximate surface area is 109 Å². The van der Waals surface area contributed by atoms with E-state index in [0.29, 0.717) is 12.0 Å². The molecule has 0 amide bonds. The van der Waals surface area contributed by atoms with Crippen LogP contribution in [0.2, 0.25) is 0 Å². The maximum absolute atomic E-state index is 13.2. The third-order valence-corrected chi connectivity index (χ3v) is 2.95. The zero-order chi connectivity index (χ0) is 13.8. The average molecular weight is 266 g/mol. The Balaban J connectivity index is 2.27. The Morgan fingerprint density at radius 3 is 2.21 bits per heavy atom. The zero-order valence-corrected chi connectivity index (χ0v) is 10.3. The van der Waals surface area contributed by atoms with Crippen molar-refractivity contribution in [3.63, 3.8) is 0 Å². The van der Waals surface area contributed by atoms with Crippen LogP contribution in [-0.2, 0) is 6.42 Å². The zero-order valence-electron chi connectivity index (χ0n) is 10.3. The van der Waals surface area contributed by atoms with Gasteiger partial charge in [0.2, 0.25) is 0 Å². The van der Waals surface area contributed by atoms with E-state index in [1.165, 1.54) is 0 Å². The summed E-state index contributed by atoms with van der Waals surface area (Å²) in [6, 6.07) is 5.37. The van der Waals surface area contributed by atoms with E-state index in [-0.39, 0.29) is 6.04 Å². The van der Waals surface area contributed by atoms with Crippen molar-refractivity contribution in [2.24, 2.45) is 0 Å². The molecule has 100 valence electrons. The van der Waals surface area contributed by atoms with Crippen LogP contribution in [0.3, 0.4) is 0 Å². The molecule has 2 rings (SSSR count). The van der Waals surface area contributed by atoms with Crippen LogP contribution in [-0.4, -0.2) is 12.0 Å². The second-order valence-electron chi connectivity index (χ2n) is 4.20. The summed E-state index contributed by atoms with van der Waals surface area (Å²) in [5, 5.41) is 2.96. The van der Waals surface area contributed by atoms with Gasteiger partial charge >= 0.3 is 0 Å². The van der Waals surface area contributed by atoms with Crippen molar-refractivity contribution < 1.29 is 13.2 Å². The lowest BCUT2D eigenvalue weighted by Crippen LogP contribution is -2.19. The fraction of sp³-hybridized carbons (Fsp3) is 0.214. The van der Waals surface area contributed by atoms with Crippen LogP contribution in [0, 0.1) is 17.5 Å². The maximum Gasteiger partial charge on any atom is 0.194 e. The number of likely N-dealkylation sites (N-methyl/N-ethyl adjacent to an activating group) is 1.